The number of amides is 1. The minimum Gasteiger partial charge on any atom is -0.506 e. The van der Waals surface area contributed by atoms with Crippen LogP contribution in [0.2, 0.25) is 0 Å². The molecule has 0 spiro atoms. The number of benzene rings is 2. The molecule has 4 nitrogen and oxygen atoms in total. The normalized spacial score (nSPS) is 11.6. The number of phenolic OH excluding ortho intramolecular Hbond substituents is 1. The van der Waals surface area contributed by atoms with Gasteiger partial charge in [-0.1, -0.05) is 39.0 Å². The fourth-order valence-electron chi connectivity index (χ4n) is 2.42. The smallest absolute Gasteiger partial charge is 0.257 e. The minimum absolute atomic E-state index is 0.0935. The molecule has 0 aliphatic rings. The van der Waals surface area contributed by atoms with E-state index in [0.717, 1.165) is 18.4 Å². The third-order valence-electron chi connectivity index (χ3n) is 4.30. The van der Waals surface area contributed by atoms with Crippen LogP contribution in [0.4, 0.5) is 5.69 Å². The predicted octanol–water partition coefficient (Wildman–Crippen LogP) is 4.59. The molecule has 132 valence electrons. The summed E-state index contributed by atoms with van der Waals surface area (Å²) in [6.07, 6.45) is 1.92. The highest BCUT2D eigenvalue weighted by atomic mass is 32.1. The lowest BCUT2D eigenvalue weighted by Crippen LogP contribution is -2.34. The fraction of sp³-hybridized carbons (Fsp3) is 0.300. The van der Waals surface area contributed by atoms with Crippen molar-refractivity contribution in [2.45, 2.75) is 39.5 Å². The molecule has 0 aliphatic carbocycles. The van der Waals surface area contributed by atoms with Crippen LogP contribution in [-0.4, -0.2) is 16.1 Å². The summed E-state index contributed by atoms with van der Waals surface area (Å²) >= 11 is 5.20. The number of carbonyl (C=O) groups is 1. The van der Waals surface area contributed by atoms with E-state index in [4.69, 9.17) is 12.2 Å². The molecule has 0 bridgehead atoms. The average Bonchev–Trinajstić information content (AvgIpc) is 2.62. The second-order valence-corrected chi connectivity index (χ2v) is 6.45. The zero-order valence-corrected chi connectivity index (χ0v) is 15.6. The van der Waals surface area contributed by atoms with Gasteiger partial charge in [-0.25, -0.2) is 0 Å². The van der Waals surface area contributed by atoms with Crippen molar-refractivity contribution >= 4 is 28.9 Å². The zero-order chi connectivity index (χ0) is 18.4. The maximum atomic E-state index is 12.3. The van der Waals surface area contributed by atoms with Crippen LogP contribution in [0.5, 0.6) is 5.75 Å². The molecule has 1 atom stereocenters. The first-order valence-corrected chi connectivity index (χ1v) is 8.89. The van der Waals surface area contributed by atoms with Gasteiger partial charge in [-0.2, -0.15) is 0 Å². The van der Waals surface area contributed by atoms with Crippen molar-refractivity contribution in [1.82, 2.24) is 5.32 Å². The van der Waals surface area contributed by atoms with Gasteiger partial charge < -0.3 is 10.4 Å². The first-order chi connectivity index (χ1) is 11.9. The van der Waals surface area contributed by atoms with Crippen molar-refractivity contribution in [3.63, 3.8) is 0 Å². The first kappa shape index (κ1) is 18.9. The Bertz CT molecular complexity index is 757. The quantitative estimate of drug-likeness (QED) is 0.541. The van der Waals surface area contributed by atoms with Gasteiger partial charge in [0, 0.05) is 5.56 Å². The van der Waals surface area contributed by atoms with Crippen LogP contribution >= 0.6 is 12.2 Å². The van der Waals surface area contributed by atoms with Crippen LogP contribution in [0.3, 0.4) is 0 Å². The van der Waals surface area contributed by atoms with E-state index >= 15 is 0 Å². The van der Waals surface area contributed by atoms with Gasteiger partial charge in [0.05, 0.1) is 5.69 Å². The maximum absolute atomic E-state index is 12.3. The highest BCUT2D eigenvalue weighted by molar-refractivity contribution is 7.80. The molecule has 2 aromatic carbocycles. The minimum atomic E-state index is -0.280. The molecule has 0 aromatic heterocycles. The molecule has 3 N–H and O–H groups in total. The van der Waals surface area contributed by atoms with Crippen molar-refractivity contribution in [2.75, 3.05) is 5.32 Å². The number of thiocarbonyl (C=S) groups is 1. The molecule has 5 heteroatoms. The van der Waals surface area contributed by atoms with Gasteiger partial charge in [-0.05, 0) is 66.4 Å². The summed E-state index contributed by atoms with van der Waals surface area (Å²) in [5.41, 5.74) is 3.31. The number of aromatic hydroxyl groups is 1. The summed E-state index contributed by atoms with van der Waals surface area (Å²) in [5, 5.41) is 15.7. The Morgan fingerprint density at radius 3 is 2.44 bits per heavy atom. The Morgan fingerprint density at radius 2 is 1.84 bits per heavy atom. The van der Waals surface area contributed by atoms with Gasteiger partial charge in [0.2, 0.25) is 0 Å². The van der Waals surface area contributed by atoms with Crippen molar-refractivity contribution < 1.29 is 9.90 Å². The number of carbonyl (C=O) groups excluding carboxylic acids is 1. The molecule has 0 aliphatic heterocycles. The van der Waals surface area contributed by atoms with E-state index < -0.39 is 0 Å². The zero-order valence-electron chi connectivity index (χ0n) is 14.8. The summed E-state index contributed by atoms with van der Waals surface area (Å²) in [7, 11) is 0. The van der Waals surface area contributed by atoms with E-state index in [1.54, 1.807) is 18.2 Å². The van der Waals surface area contributed by atoms with E-state index in [1.165, 1.54) is 5.56 Å². The summed E-state index contributed by atoms with van der Waals surface area (Å²) in [6.45, 7) is 6.30. The lowest BCUT2D eigenvalue weighted by Gasteiger charge is -2.15. The lowest BCUT2D eigenvalue weighted by atomic mass is 9.98. The van der Waals surface area contributed by atoms with Gasteiger partial charge in [0.1, 0.15) is 5.75 Å². The topological polar surface area (TPSA) is 61.4 Å². The molecule has 2 rings (SSSR count). The van der Waals surface area contributed by atoms with E-state index in [1.807, 2.05) is 24.3 Å². The monoisotopic (exact) mass is 356 g/mol. The second kappa shape index (κ2) is 8.62. The summed E-state index contributed by atoms with van der Waals surface area (Å²) in [4.78, 5) is 12.3. The molecule has 0 saturated heterocycles. The van der Waals surface area contributed by atoms with E-state index in [-0.39, 0.29) is 16.8 Å². The van der Waals surface area contributed by atoms with E-state index in [2.05, 4.69) is 31.4 Å². The summed E-state index contributed by atoms with van der Waals surface area (Å²) in [6, 6.07) is 12.8. The van der Waals surface area contributed by atoms with Gasteiger partial charge in [-0.3, -0.25) is 10.1 Å². The van der Waals surface area contributed by atoms with Crippen LogP contribution in [0.1, 0.15) is 54.6 Å². The Morgan fingerprint density at radius 1 is 1.16 bits per heavy atom. The van der Waals surface area contributed by atoms with Crippen LogP contribution in [0, 0.1) is 0 Å². The Labute approximate surface area is 154 Å². The average molecular weight is 356 g/mol. The van der Waals surface area contributed by atoms with Gasteiger partial charge in [0.25, 0.3) is 5.91 Å². The van der Waals surface area contributed by atoms with Gasteiger partial charge >= 0.3 is 0 Å². The molecular weight excluding hydrogens is 332 g/mol. The van der Waals surface area contributed by atoms with Gasteiger partial charge in [0.15, 0.2) is 5.11 Å². The fourth-order valence-corrected chi connectivity index (χ4v) is 2.62. The highest BCUT2D eigenvalue weighted by Crippen LogP contribution is 2.29. The number of hydrogen-bond acceptors (Lipinski definition) is 3. The largest absolute Gasteiger partial charge is 0.506 e. The van der Waals surface area contributed by atoms with Crippen molar-refractivity contribution in [3.8, 4) is 5.75 Å². The SMILES string of the molecule is CCc1ccc(C(=O)NC(=S)Nc2cc([C@@H](C)CC)ccc2O)cc1. The van der Waals surface area contributed by atoms with Gasteiger partial charge in [-0.15, -0.1) is 0 Å². The number of anilines is 1. The Hall–Kier alpha value is -2.40. The molecule has 2 aromatic rings. The maximum Gasteiger partial charge on any atom is 0.257 e. The summed E-state index contributed by atoms with van der Waals surface area (Å²) < 4.78 is 0. The predicted molar refractivity (Wildman–Crippen MR) is 106 cm³/mol. The number of rotatable bonds is 5. The van der Waals surface area contributed by atoms with Crippen LogP contribution in [0.15, 0.2) is 42.5 Å². The van der Waals surface area contributed by atoms with Crippen molar-refractivity contribution in [1.29, 1.82) is 0 Å². The molecule has 0 heterocycles. The number of phenols is 1. The van der Waals surface area contributed by atoms with Crippen LogP contribution < -0.4 is 10.6 Å². The number of nitrogens with one attached hydrogen (secondary N) is 2. The molecule has 0 fully saturated rings. The molecular formula is C20H24N2O2S. The van der Waals surface area contributed by atoms with Crippen molar-refractivity contribution in [3.05, 3.63) is 59.2 Å². The third-order valence-corrected chi connectivity index (χ3v) is 4.51. The molecule has 0 radical (unpaired) electrons. The summed E-state index contributed by atoms with van der Waals surface area (Å²) in [5.74, 6) is 0.190. The van der Waals surface area contributed by atoms with Crippen molar-refractivity contribution in [2.24, 2.45) is 0 Å². The standard InChI is InChI=1S/C20H24N2O2S/c1-4-13(3)16-10-11-18(23)17(12-16)21-20(25)22-19(24)15-8-6-14(5-2)7-9-15/h6-13,23H,4-5H2,1-3H3,(H2,21,22,24,25)/t13-/m0/s1. The third kappa shape index (κ3) is 5.03. The van der Waals surface area contributed by atoms with Crippen LogP contribution in [0.25, 0.3) is 0 Å². The Kier molecular flexibility index (Phi) is 6.53. The highest BCUT2D eigenvalue weighted by Gasteiger charge is 2.11. The molecule has 0 saturated carbocycles. The molecule has 25 heavy (non-hydrogen) atoms. The van der Waals surface area contributed by atoms with E-state index in [0.29, 0.717) is 17.2 Å². The first-order valence-electron chi connectivity index (χ1n) is 8.48. The lowest BCUT2D eigenvalue weighted by molar-refractivity contribution is 0.0977. The molecule has 0 unspecified atom stereocenters. The molecule has 1 amide bonds. The Balaban J connectivity index is 2.05. The van der Waals surface area contributed by atoms with E-state index in [9.17, 15) is 9.90 Å². The second-order valence-electron chi connectivity index (χ2n) is 6.04. The van der Waals surface area contributed by atoms with Crippen LogP contribution in [-0.2, 0) is 6.42 Å². The number of hydrogen-bond donors (Lipinski definition) is 3. The number of aryl methyl sites for hydroxylation is 1.